The lowest BCUT2D eigenvalue weighted by molar-refractivity contribution is -0.117. The molecule has 78 valence electrons. The number of aromatic nitrogens is 1. The number of carbonyl (C=O) groups excluding carboxylic acids is 1. The number of amides is 1. The Morgan fingerprint density at radius 3 is 2.71 bits per heavy atom. The average Bonchev–Trinajstić information content (AvgIpc) is 2.51. The van der Waals surface area contributed by atoms with Gasteiger partial charge >= 0.3 is 6.01 Å². The topological polar surface area (TPSA) is 46.3 Å². The van der Waals surface area contributed by atoms with Crippen molar-refractivity contribution in [3.05, 3.63) is 12.0 Å². The molecule has 1 atom stereocenters. The van der Waals surface area contributed by atoms with Gasteiger partial charge in [-0.1, -0.05) is 6.92 Å². The molecule has 1 amide bonds. The molecule has 0 aliphatic heterocycles. The molecule has 0 fully saturated rings. The fraction of sp³-hybridized carbons (Fsp3) is 0.600. The van der Waals surface area contributed by atoms with Gasteiger partial charge in [0.25, 0.3) is 0 Å². The van der Waals surface area contributed by atoms with Gasteiger partial charge in [0.2, 0.25) is 5.91 Å². The Balaban J connectivity index is 2.94. The van der Waals surface area contributed by atoms with Gasteiger partial charge in [0, 0.05) is 13.0 Å². The van der Waals surface area contributed by atoms with Crippen molar-refractivity contribution in [1.29, 1.82) is 0 Å². The second kappa shape index (κ2) is 4.26. The summed E-state index contributed by atoms with van der Waals surface area (Å²) in [7, 11) is 0. The summed E-state index contributed by atoms with van der Waals surface area (Å²) in [5.74, 6) is -0.0406. The minimum atomic E-state index is -0.0406. The summed E-state index contributed by atoms with van der Waals surface area (Å²) in [6.07, 6.45) is 2.43. The summed E-state index contributed by atoms with van der Waals surface area (Å²) >= 11 is 0. The van der Waals surface area contributed by atoms with Crippen LogP contribution in [0.15, 0.2) is 10.7 Å². The minimum absolute atomic E-state index is 0.0406. The predicted molar refractivity (Wildman–Crippen MR) is 54.2 cm³/mol. The lowest BCUT2D eigenvalue weighted by atomic mass is 10.2. The van der Waals surface area contributed by atoms with Crippen LogP contribution >= 0.6 is 0 Å². The summed E-state index contributed by atoms with van der Waals surface area (Å²) in [5.41, 5.74) is 0.787. The molecule has 1 unspecified atom stereocenters. The lowest BCUT2D eigenvalue weighted by Crippen LogP contribution is -2.36. The summed E-state index contributed by atoms with van der Waals surface area (Å²) < 4.78 is 5.20. The fourth-order valence-electron chi connectivity index (χ4n) is 1.27. The predicted octanol–water partition coefficient (Wildman–Crippen LogP) is 2.13. The monoisotopic (exact) mass is 196 g/mol. The molecular formula is C10H16N2O2. The lowest BCUT2D eigenvalue weighted by Gasteiger charge is -2.22. The van der Waals surface area contributed by atoms with Crippen molar-refractivity contribution in [1.82, 2.24) is 4.98 Å². The van der Waals surface area contributed by atoms with Gasteiger partial charge in [-0.2, -0.15) is 4.98 Å². The first kappa shape index (κ1) is 10.8. The molecule has 0 spiro atoms. The van der Waals surface area contributed by atoms with Gasteiger partial charge in [-0.3, -0.25) is 9.69 Å². The molecule has 0 bridgehead atoms. The highest BCUT2D eigenvalue weighted by Crippen LogP contribution is 2.17. The number of rotatable bonds is 3. The highest BCUT2D eigenvalue weighted by atomic mass is 16.4. The first-order chi connectivity index (χ1) is 6.56. The highest BCUT2D eigenvalue weighted by molar-refractivity contribution is 5.89. The van der Waals surface area contributed by atoms with Gasteiger partial charge < -0.3 is 4.42 Å². The molecule has 1 aromatic heterocycles. The molecule has 0 saturated carbocycles. The van der Waals surface area contributed by atoms with E-state index in [-0.39, 0.29) is 11.9 Å². The van der Waals surface area contributed by atoms with Crippen LogP contribution in [0, 0.1) is 6.92 Å². The van der Waals surface area contributed by atoms with E-state index in [1.54, 1.807) is 11.2 Å². The van der Waals surface area contributed by atoms with E-state index in [9.17, 15) is 4.79 Å². The van der Waals surface area contributed by atoms with Crippen LogP contribution in [0.25, 0.3) is 0 Å². The Kier molecular flexibility index (Phi) is 3.28. The molecule has 0 aliphatic rings. The van der Waals surface area contributed by atoms with E-state index in [0.29, 0.717) is 6.01 Å². The summed E-state index contributed by atoms with van der Waals surface area (Å²) in [4.78, 5) is 17.1. The zero-order valence-electron chi connectivity index (χ0n) is 9.07. The zero-order valence-corrected chi connectivity index (χ0v) is 9.07. The normalized spacial score (nSPS) is 12.6. The maximum absolute atomic E-state index is 11.4. The van der Waals surface area contributed by atoms with Crippen LogP contribution < -0.4 is 4.90 Å². The number of aryl methyl sites for hydroxylation is 1. The molecule has 1 aromatic rings. The van der Waals surface area contributed by atoms with Crippen LogP contribution in [-0.4, -0.2) is 16.9 Å². The first-order valence-corrected chi connectivity index (χ1v) is 4.78. The van der Waals surface area contributed by atoms with E-state index < -0.39 is 0 Å². The van der Waals surface area contributed by atoms with Gasteiger partial charge in [-0.15, -0.1) is 0 Å². The molecule has 0 aromatic carbocycles. The van der Waals surface area contributed by atoms with E-state index in [1.807, 2.05) is 20.8 Å². The first-order valence-electron chi connectivity index (χ1n) is 4.78. The molecule has 0 N–H and O–H groups in total. The zero-order chi connectivity index (χ0) is 10.7. The Hall–Kier alpha value is -1.32. The van der Waals surface area contributed by atoms with E-state index in [4.69, 9.17) is 4.42 Å². The maximum Gasteiger partial charge on any atom is 0.304 e. The third kappa shape index (κ3) is 2.13. The van der Waals surface area contributed by atoms with Crippen molar-refractivity contribution < 1.29 is 9.21 Å². The van der Waals surface area contributed by atoms with Crippen LogP contribution in [0.3, 0.4) is 0 Å². The molecule has 0 saturated heterocycles. The molecule has 1 rings (SSSR count). The minimum Gasteiger partial charge on any atom is -0.431 e. The van der Waals surface area contributed by atoms with Gasteiger partial charge in [-0.05, 0) is 20.3 Å². The fourth-order valence-corrected chi connectivity index (χ4v) is 1.27. The summed E-state index contributed by atoms with van der Waals surface area (Å²) in [6.45, 7) is 7.35. The van der Waals surface area contributed by atoms with Crippen molar-refractivity contribution >= 4 is 11.9 Å². The van der Waals surface area contributed by atoms with Crippen molar-refractivity contribution in [3.8, 4) is 0 Å². The van der Waals surface area contributed by atoms with E-state index in [2.05, 4.69) is 4.98 Å². The Bertz CT molecular complexity index is 320. The third-order valence-corrected chi connectivity index (χ3v) is 2.18. The molecule has 0 radical (unpaired) electrons. The molecule has 4 nitrogen and oxygen atoms in total. The van der Waals surface area contributed by atoms with Crippen molar-refractivity contribution in [3.63, 3.8) is 0 Å². The van der Waals surface area contributed by atoms with Crippen LogP contribution in [0.5, 0.6) is 0 Å². The smallest absolute Gasteiger partial charge is 0.304 e. The van der Waals surface area contributed by atoms with Crippen LogP contribution in [0.4, 0.5) is 6.01 Å². The quantitative estimate of drug-likeness (QED) is 0.744. The van der Waals surface area contributed by atoms with Gasteiger partial charge in [0.1, 0.15) is 6.26 Å². The number of hydrogen-bond donors (Lipinski definition) is 0. The van der Waals surface area contributed by atoms with Gasteiger partial charge in [0.05, 0.1) is 5.69 Å². The van der Waals surface area contributed by atoms with Gasteiger partial charge in [0.15, 0.2) is 0 Å². The maximum atomic E-state index is 11.4. The largest absolute Gasteiger partial charge is 0.431 e. The summed E-state index contributed by atoms with van der Waals surface area (Å²) in [6, 6.07) is 0.509. The van der Waals surface area contributed by atoms with Crippen molar-refractivity contribution in [2.75, 3.05) is 4.90 Å². The second-order valence-corrected chi connectivity index (χ2v) is 3.42. The molecule has 4 heteroatoms. The third-order valence-electron chi connectivity index (χ3n) is 2.18. The number of nitrogens with zero attached hydrogens (tertiary/aromatic N) is 2. The van der Waals surface area contributed by atoms with Crippen LogP contribution in [-0.2, 0) is 4.79 Å². The second-order valence-electron chi connectivity index (χ2n) is 3.42. The molecule has 0 aliphatic carbocycles. The number of hydrogen-bond acceptors (Lipinski definition) is 3. The molecular weight excluding hydrogens is 180 g/mol. The summed E-state index contributed by atoms with van der Waals surface area (Å²) in [5, 5.41) is 0. The van der Waals surface area contributed by atoms with E-state index >= 15 is 0 Å². The van der Waals surface area contributed by atoms with Crippen LogP contribution in [0.1, 0.15) is 32.9 Å². The number of oxazole rings is 1. The number of anilines is 1. The number of carbonyl (C=O) groups is 1. The van der Waals surface area contributed by atoms with Crippen LogP contribution in [0.2, 0.25) is 0 Å². The molecule has 14 heavy (non-hydrogen) atoms. The van der Waals surface area contributed by atoms with Crippen molar-refractivity contribution in [2.45, 2.75) is 40.2 Å². The van der Waals surface area contributed by atoms with E-state index in [1.165, 1.54) is 6.92 Å². The average molecular weight is 196 g/mol. The van der Waals surface area contributed by atoms with E-state index in [0.717, 1.165) is 12.1 Å². The molecule has 1 heterocycles. The SMILES string of the molecule is CCC(C)N(C(C)=O)c1nc(C)co1. The highest BCUT2D eigenvalue weighted by Gasteiger charge is 2.21. The standard InChI is InChI=1S/C10H16N2O2/c1-5-8(3)12(9(4)13)10-11-7(2)6-14-10/h6,8H,5H2,1-4H3. The van der Waals surface area contributed by atoms with Gasteiger partial charge in [-0.25, -0.2) is 0 Å². The Morgan fingerprint density at radius 1 is 1.71 bits per heavy atom. The Labute approximate surface area is 83.9 Å². The Morgan fingerprint density at radius 2 is 2.36 bits per heavy atom. The van der Waals surface area contributed by atoms with Crippen molar-refractivity contribution in [2.24, 2.45) is 0 Å².